The van der Waals surface area contributed by atoms with Gasteiger partial charge in [-0.05, 0) is 48.9 Å². The zero-order chi connectivity index (χ0) is 21.7. The third-order valence-electron chi connectivity index (χ3n) is 4.37. The van der Waals surface area contributed by atoms with Gasteiger partial charge >= 0.3 is 0 Å². The number of carbonyl (C=O) groups is 3. The van der Waals surface area contributed by atoms with Crippen LogP contribution in [0.3, 0.4) is 0 Å². The highest BCUT2D eigenvalue weighted by Crippen LogP contribution is 2.13. The fourth-order valence-corrected chi connectivity index (χ4v) is 2.73. The van der Waals surface area contributed by atoms with Gasteiger partial charge in [-0.15, -0.1) is 0 Å². The summed E-state index contributed by atoms with van der Waals surface area (Å²) >= 11 is 0. The van der Waals surface area contributed by atoms with Crippen molar-refractivity contribution in [3.05, 3.63) is 83.1 Å². The van der Waals surface area contributed by atoms with Crippen LogP contribution in [-0.4, -0.2) is 41.7 Å². The van der Waals surface area contributed by atoms with Crippen LogP contribution in [0.1, 0.15) is 42.7 Å². The number of aryl methyl sites for hydroxylation is 1. The number of amides is 3. The zero-order valence-corrected chi connectivity index (χ0v) is 16.9. The summed E-state index contributed by atoms with van der Waals surface area (Å²) in [5.74, 6) is -0.600. The number of pyridine rings is 1. The Kier molecular flexibility index (Phi) is 6.26. The minimum atomic E-state index is -0.333. The number of rotatable bonds is 6. The Morgan fingerprint density at radius 1 is 1.00 bits per heavy atom. The van der Waals surface area contributed by atoms with E-state index in [0.717, 1.165) is 5.56 Å². The topological polar surface area (TPSA) is 105 Å². The molecular weight excluding hydrogens is 384 g/mol. The van der Waals surface area contributed by atoms with Crippen molar-refractivity contribution in [2.24, 2.45) is 0 Å². The first-order chi connectivity index (χ1) is 14.3. The summed E-state index contributed by atoms with van der Waals surface area (Å²) in [6.45, 7) is 2.00. The van der Waals surface area contributed by atoms with Crippen molar-refractivity contribution >= 4 is 23.4 Å². The fraction of sp³-hybridized carbons (Fsp3) is 0.182. The molecule has 2 N–H and O–H groups in total. The molecule has 0 unspecified atom stereocenters. The molecule has 8 heteroatoms. The average Bonchev–Trinajstić information content (AvgIpc) is 3.27. The summed E-state index contributed by atoms with van der Waals surface area (Å²) in [6.07, 6.45) is 1.44. The number of furan rings is 1. The molecule has 0 radical (unpaired) electrons. The molecule has 0 fully saturated rings. The van der Waals surface area contributed by atoms with Crippen LogP contribution in [0.15, 0.2) is 59.2 Å². The number of carbonyl (C=O) groups excluding carboxylic acids is 3. The molecule has 2 heterocycles. The van der Waals surface area contributed by atoms with Gasteiger partial charge in [0.15, 0.2) is 5.76 Å². The fourth-order valence-electron chi connectivity index (χ4n) is 2.73. The summed E-state index contributed by atoms with van der Waals surface area (Å²) in [5.41, 5.74) is 2.67. The minimum Gasteiger partial charge on any atom is -0.459 e. The van der Waals surface area contributed by atoms with Crippen molar-refractivity contribution in [2.45, 2.75) is 13.5 Å². The summed E-state index contributed by atoms with van der Waals surface area (Å²) < 4.78 is 5.05. The second-order valence-corrected chi connectivity index (χ2v) is 6.84. The Labute approximate surface area is 173 Å². The molecule has 3 amide bonds. The molecule has 8 nitrogen and oxygen atoms in total. The van der Waals surface area contributed by atoms with E-state index >= 15 is 0 Å². The standard InChI is InChI=1S/C22H22N4O4/c1-14-17(10-11-18(24-14)22(29)26(2)3)20(27)23-13-15-6-8-16(9-7-15)25-21(28)19-5-4-12-30-19/h4-12H,13H2,1-3H3,(H,23,27)(H,25,28). The van der Waals surface area contributed by atoms with Gasteiger partial charge in [0, 0.05) is 26.3 Å². The van der Waals surface area contributed by atoms with Gasteiger partial charge in [-0.2, -0.15) is 0 Å². The van der Waals surface area contributed by atoms with Crippen LogP contribution in [0.25, 0.3) is 0 Å². The van der Waals surface area contributed by atoms with E-state index in [9.17, 15) is 14.4 Å². The number of hydrogen-bond donors (Lipinski definition) is 2. The van der Waals surface area contributed by atoms with Crippen LogP contribution < -0.4 is 10.6 Å². The van der Waals surface area contributed by atoms with Gasteiger partial charge in [-0.25, -0.2) is 4.98 Å². The average molecular weight is 406 g/mol. The molecule has 2 aromatic heterocycles. The first-order valence-electron chi connectivity index (χ1n) is 9.26. The molecule has 0 bridgehead atoms. The lowest BCUT2D eigenvalue weighted by atomic mass is 10.1. The van der Waals surface area contributed by atoms with Crippen molar-refractivity contribution in [1.82, 2.24) is 15.2 Å². The van der Waals surface area contributed by atoms with Gasteiger partial charge < -0.3 is 20.0 Å². The van der Waals surface area contributed by atoms with Gasteiger partial charge in [-0.3, -0.25) is 14.4 Å². The molecular formula is C22H22N4O4. The number of benzene rings is 1. The van der Waals surface area contributed by atoms with Crippen LogP contribution in [0.4, 0.5) is 5.69 Å². The molecule has 0 saturated carbocycles. The second kappa shape index (κ2) is 9.04. The highest BCUT2D eigenvalue weighted by Gasteiger charge is 2.15. The molecule has 0 atom stereocenters. The molecule has 3 rings (SSSR count). The molecule has 0 aliphatic heterocycles. The molecule has 1 aromatic carbocycles. The highest BCUT2D eigenvalue weighted by atomic mass is 16.3. The summed E-state index contributed by atoms with van der Waals surface area (Å²) in [4.78, 5) is 42.1. The normalized spacial score (nSPS) is 10.4. The van der Waals surface area contributed by atoms with Crippen molar-refractivity contribution in [2.75, 3.05) is 19.4 Å². The number of nitrogens with one attached hydrogen (secondary N) is 2. The van der Waals surface area contributed by atoms with Crippen LogP contribution in [-0.2, 0) is 6.54 Å². The van der Waals surface area contributed by atoms with Gasteiger partial charge in [0.05, 0.1) is 17.5 Å². The van der Waals surface area contributed by atoms with Gasteiger partial charge in [-0.1, -0.05) is 12.1 Å². The lowest BCUT2D eigenvalue weighted by Gasteiger charge is -2.12. The lowest BCUT2D eigenvalue weighted by molar-refractivity contribution is 0.0820. The molecule has 0 saturated heterocycles. The maximum atomic E-state index is 12.5. The highest BCUT2D eigenvalue weighted by molar-refractivity contribution is 6.02. The predicted octanol–water partition coefficient (Wildman–Crippen LogP) is 2.87. The van der Waals surface area contributed by atoms with Crippen molar-refractivity contribution in [1.29, 1.82) is 0 Å². The Hall–Kier alpha value is -3.94. The Morgan fingerprint density at radius 2 is 1.73 bits per heavy atom. The Balaban J connectivity index is 1.58. The van der Waals surface area contributed by atoms with Crippen LogP contribution >= 0.6 is 0 Å². The van der Waals surface area contributed by atoms with Crippen molar-refractivity contribution < 1.29 is 18.8 Å². The summed E-state index contributed by atoms with van der Waals surface area (Å²) in [6, 6.07) is 13.5. The van der Waals surface area contributed by atoms with E-state index in [1.807, 2.05) is 12.1 Å². The molecule has 0 spiro atoms. The SMILES string of the molecule is Cc1nc(C(=O)N(C)C)ccc1C(=O)NCc1ccc(NC(=O)c2ccco2)cc1. The Morgan fingerprint density at radius 3 is 2.33 bits per heavy atom. The van der Waals surface area contributed by atoms with E-state index < -0.39 is 0 Å². The van der Waals surface area contributed by atoms with E-state index in [1.54, 1.807) is 57.4 Å². The van der Waals surface area contributed by atoms with E-state index in [1.165, 1.54) is 11.2 Å². The maximum Gasteiger partial charge on any atom is 0.291 e. The van der Waals surface area contributed by atoms with Gasteiger partial charge in [0.2, 0.25) is 0 Å². The predicted molar refractivity (Wildman–Crippen MR) is 111 cm³/mol. The van der Waals surface area contributed by atoms with E-state index in [-0.39, 0.29) is 23.5 Å². The molecule has 0 aliphatic carbocycles. The maximum absolute atomic E-state index is 12.5. The van der Waals surface area contributed by atoms with Crippen LogP contribution in [0.2, 0.25) is 0 Å². The third kappa shape index (κ3) is 4.91. The summed E-state index contributed by atoms with van der Waals surface area (Å²) in [5, 5.41) is 5.57. The van der Waals surface area contributed by atoms with Gasteiger partial charge in [0.25, 0.3) is 17.7 Å². The van der Waals surface area contributed by atoms with Crippen LogP contribution in [0.5, 0.6) is 0 Å². The van der Waals surface area contributed by atoms with E-state index in [4.69, 9.17) is 4.42 Å². The minimum absolute atomic E-state index is 0.218. The lowest BCUT2D eigenvalue weighted by Crippen LogP contribution is -2.26. The van der Waals surface area contributed by atoms with Gasteiger partial charge in [0.1, 0.15) is 5.69 Å². The smallest absolute Gasteiger partial charge is 0.291 e. The number of aromatic nitrogens is 1. The van der Waals surface area contributed by atoms with E-state index in [2.05, 4.69) is 15.6 Å². The molecule has 0 aliphatic rings. The van der Waals surface area contributed by atoms with Crippen molar-refractivity contribution in [3.8, 4) is 0 Å². The number of nitrogens with zero attached hydrogens (tertiary/aromatic N) is 2. The molecule has 154 valence electrons. The van der Waals surface area contributed by atoms with E-state index in [0.29, 0.717) is 29.2 Å². The monoisotopic (exact) mass is 406 g/mol. The first kappa shape index (κ1) is 20.8. The quantitative estimate of drug-likeness (QED) is 0.655. The summed E-state index contributed by atoms with van der Waals surface area (Å²) in [7, 11) is 3.29. The van der Waals surface area contributed by atoms with Crippen LogP contribution in [0, 0.1) is 6.92 Å². The zero-order valence-electron chi connectivity index (χ0n) is 16.9. The molecule has 30 heavy (non-hydrogen) atoms. The first-order valence-corrected chi connectivity index (χ1v) is 9.26. The number of hydrogen-bond acceptors (Lipinski definition) is 5. The Bertz CT molecular complexity index is 1060. The third-order valence-corrected chi connectivity index (χ3v) is 4.37. The molecule has 3 aromatic rings. The van der Waals surface area contributed by atoms with Crippen molar-refractivity contribution in [3.63, 3.8) is 0 Å². The number of anilines is 1. The largest absolute Gasteiger partial charge is 0.459 e. The second-order valence-electron chi connectivity index (χ2n) is 6.84.